The van der Waals surface area contributed by atoms with E-state index in [2.05, 4.69) is 17.4 Å². The summed E-state index contributed by atoms with van der Waals surface area (Å²) in [6, 6.07) is 16.1. The summed E-state index contributed by atoms with van der Waals surface area (Å²) in [4.78, 5) is 14.5. The van der Waals surface area contributed by atoms with E-state index in [4.69, 9.17) is 0 Å². The topological polar surface area (TPSA) is 32.3 Å². The highest BCUT2D eigenvalue weighted by atomic mass is 19.1. The highest BCUT2D eigenvalue weighted by Gasteiger charge is 2.27. The summed E-state index contributed by atoms with van der Waals surface area (Å²) in [5.74, 6) is -0.470. The van der Waals surface area contributed by atoms with Crippen molar-refractivity contribution in [2.24, 2.45) is 0 Å². The number of carbonyl (C=O) groups is 1. The molecule has 0 aromatic heterocycles. The van der Waals surface area contributed by atoms with Gasteiger partial charge in [-0.1, -0.05) is 36.4 Å². The SMILES string of the molecule is O=C(c1cccc(F)c1)N1CCNCC1Cc1ccccc1. The van der Waals surface area contributed by atoms with Crippen LogP contribution < -0.4 is 5.32 Å². The number of carbonyl (C=O) groups excluding carboxylic acids is 1. The fraction of sp³-hybridized carbons (Fsp3) is 0.278. The second kappa shape index (κ2) is 6.71. The van der Waals surface area contributed by atoms with Crippen molar-refractivity contribution in [3.05, 3.63) is 71.5 Å². The van der Waals surface area contributed by atoms with Crippen molar-refractivity contribution in [3.63, 3.8) is 0 Å². The number of nitrogens with one attached hydrogen (secondary N) is 1. The third-order valence-corrected chi connectivity index (χ3v) is 4.00. The van der Waals surface area contributed by atoms with E-state index in [1.54, 1.807) is 12.1 Å². The molecular formula is C18H19FN2O. The minimum Gasteiger partial charge on any atom is -0.333 e. The predicted molar refractivity (Wildman–Crippen MR) is 84.2 cm³/mol. The molecule has 3 rings (SSSR count). The molecule has 1 amide bonds. The van der Waals surface area contributed by atoms with Crippen LogP contribution in [-0.2, 0) is 6.42 Å². The molecule has 0 radical (unpaired) electrons. The van der Waals surface area contributed by atoms with E-state index >= 15 is 0 Å². The molecule has 1 heterocycles. The van der Waals surface area contributed by atoms with Crippen molar-refractivity contribution < 1.29 is 9.18 Å². The molecule has 2 aromatic rings. The summed E-state index contributed by atoms with van der Waals surface area (Å²) in [7, 11) is 0. The van der Waals surface area contributed by atoms with Gasteiger partial charge >= 0.3 is 0 Å². The maximum absolute atomic E-state index is 13.4. The third kappa shape index (κ3) is 3.34. The zero-order chi connectivity index (χ0) is 15.4. The Morgan fingerprint density at radius 3 is 2.77 bits per heavy atom. The Balaban J connectivity index is 1.79. The van der Waals surface area contributed by atoms with E-state index < -0.39 is 0 Å². The molecule has 0 aliphatic carbocycles. The highest BCUT2D eigenvalue weighted by molar-refractivity contribution is 5.94. The number of piperazine rings is 1. The van der Waals surface area contributed by atoms with Gasteiger partial charge in [-0.05, 0) is 30.2 Å². The lowest BCUT2D eigenvalue weighted by molar-refractivity contribution is 0.0635. The van der Waals surface area contributed by atoms with Gasteiger partial charge in [-0.2, -0.15) is 0 Å². The molecular weight excluding hydrogens is 279 g/mol. The van der Waals surface area contributed by atoms with Crippen LogP contribution in [0, 0.1) is 5.82 Å². The first-order valence-electron chi connectivity index (χ1n) is 7.55. The molecule has 1 unspecified atom stereocenters. The summed E-state index contributed by atoms with van der Waals surface area (Å²) >= 11 is 0. The normalized spacial score (nSPS) is 18.2. The Hall–Kier alpha value is -2.20. The average molecular weight is 298 g/mol. The van der Waals surface area contributed by atoms with Crippen molar-refractivity contribution in [1.82, 2.24) is 10.2 Å². The Kier molecular flexibility index (Phi) is 4.49. The van der Waals surface area contributed by atoms with E-state index in [9.17, 15) is 9.18 Å². The van der Waals surface area contributed by atoms with E-state index in [0.717, 1.165) is 19.5 Å². The van der Waals surface area contributed by atoms with Crippen LogP contribution in [-0.4, -0.2) is 36.5 Å². The second-order valence-electron chi connectivity index (χ2n) is 5.56. The smallest absolute Gasteiger partial charge is 0.254 e. The molecule has 0 bridgehead atoms. The number of hydrogen-bond acceptors (Lipinski definition) is 2. The van der Waals surface area contributed by atoms with E-state index in [0.29, 0.717) is 12.1 Å². The lowest BCUT2D eigenvalue weighted by atomic mass is 10.0. The molecule has 1 N–H and O–H groups in total. The van der Waals surface area contributed by atoms with Crippen molar-refractivity contribution in [1.29, 1.82) is 0 Å². The Labute approximate surface area is 129 Å². The first kappa shape index (κ1) is 14.7. The van der Waals surface area contributed by atoms with Gasteiger partial charge < -0.3 is 10.2 Å². The molecule has 1 saturated heterocycles. The molecule has 1 aliphatic heterocycles. The van der Waals surface area contributed by atoms with Gasteiger partial charge in [0.1, 0.15) is 5.82 Å². The van der Waals surface area contributed by atoms with Crippen LogP contribution in [0.5, 0.6) is 0 Å². The number of amides is 1. The van der Waals surface area contributed by atoms with Gasteiger partial charge in [0, 0.05) is 31.2 Å². The van der Waals surface area contributed by atoms with Gasteiger partial charge in [0.2, 0.25) is 0 Å². The fourth-order valence-electron chi connectivity index (χ4n) is 2.88. The summed E-state index contributed by atoms with van der Waals surface area (Å²) in [6.07, 6.45) is 0.800. The number of rotatable bonds is 3. The summed E-state index contributed by atoms with van der Waals surface area (Å²) in [5, 5.41) is 3.33. The molecule has 22 heavy (non-hydrogen) atoms. The zero-order valence-corrected chi connectivity index (χ0v) is 12.3. The molecule has 3 nitrogen and oxygen atoms in total. The molecule has 114 valence electrons. The van der Waals surface area contributed by atoms with Crippen LogP contribution in [0.15, 0.2) is 54.6 Å². The monoisotopic (exact) mass is 298 g/mol. The van der Waals surface area contributed by atoms with Gasteiger partial charge in [0.05, 0.1) is 0 Å². The lowest BCUT2D eigenvalue weighted by Crippen LogP contribution is -2.54. The van der Waals surface area contributed by atoms with Crippen LogP contribution >= 0.6 is 0 Å². The van der Waals surface area contributed by atoms with Gasteiger partial charge in [0.25, 0.3) is 5.91 Å². The Bertz CT molecular complexity index is 645. The minimum atomic E-state index is -0.374. The molecule has 2 aromatic carbocycles. The van der Waals surface area contributed by atoms with Gasteiger partial charge in [0.15, 0.2) is 0 Å². The van der Waals surface area contributed by atoms with Crippen LogP contribution in [0.25, 0.3) is 0 Å². The molecule has 1 atom stereocenters. The van der Waals surface area contributed by atoms with Crippen LogP contribution in [0.1, 0.15) is 15.9 Å². The number of nitrogens with zero attached hydrogens (tertiary/aromatic N) is 1. The molecule has 4 heteroatoms. The Morgan fingerprint density at radius 1 is 1.18 bits per heavy atom. The predicted octanol–water partition coefficient (Wildman–Crippen LogP) is 2.48. The summed E-state index contributed by atoms with van der Waals surface area (Å²) in [6.45, 7) is 2.18. The largest absolute Gasteiger partial charge is 0.333 e. The number of hydrogen-bond donors (Lipinski definition) is 1. The summed E-state index contributed by atoms with van der Waals surface area (Å²) < 4.78 is 13.4. The van der Waals surface area contributed by atoms with Crippen molar-refractivity contribution >= 4 is 5.91 Å². The fourth-order valence-corrected chi connectivity index (χ4v) is 2.88. The maximum atomic E-state index is 13.4. The number of benzene rings is 2. The van der Waals surface area contributed by atoms with E-state index in [-0.39, 0.29) is 17.8 Å². The molecule has 0 saturated carbocycles. The Morgan fingerprint density at radius 2 is 2.00 bits per heavy atom. The molecule has 0 spiro atoms. The molecule has 1 aliphatic rings. The third-order valence-electron chi connectivity index (χ3n) is 4.00. The average Bonchev–Trinajstić information content (AvgIpc) is 2.56. The number of halogens is 1. The highest BCUT2D eigenvalue weighted by Crippen LogP contribution is 2.15. The van der Waals surface area contributed by atoms with Crippen molar-refractivity contribution in [2.75, 3.05) is 19.6 Å². The van der Waals surface area contributed by atoms with Crippen LogP contribution in [0.4, 0.5) is 4.39 Å². The van der Waals surface area contributed by atoms with Crippen molar-refractivity contribution in [2.45, 2.75) is 12.5 Å². The minimum absolute atomic E-state index is 0.0897. The van der Waals surface area contributed by atoms with E-state index in [1.807, 2.05) is 23.1 Å². The van der Waals surface area contributed by atoms with Gasteiger partial charge in [-0.15, -0.1) is 0 Å². The zero-order valence-electron chi connectivity index (χ0n) is 12.3. The van der Waals surface area contributed by atoms with Crippen LogP contribution in [0.2, 0.25) is 0 Å². The standard InChI is InChI=1S/C18H19FN2O/c19-16-8-4-7-15(12-16)18(22)21-10-9-20-13-17(21)11-14-5-2-1-3-6-14/h1-8,12,17,20H,9-11,13H2. The summed E-state index contributed by atoms with van der Waals surface area (Å²) in [5.41, 5.74) is 1.62. The first-order valence-corrected chi connectivity index (χ1v) is 7.55. The second-order valence-corrected chi connectivity index (χ2v) is 5.56. The lowest BCUT2D eigenvalue weighted by Gasteiger charge is -2.36. The van der Waals surface area contributed by atoms with Gasteiger partial charge in [-0.25, -0.2) is 4.39 Å². The quantitative estimate of drug-likeness (QED) is 0.944. The first-order chi connectivity index (χ1) is 10.7. The van der Waals surface area contributed by atoms with E-state index in [1.165, 1.54) is 17.7 Å². The van der Waals surface area contributed by atoms with Crippen molar-refractivity contribution in [3.8, 4) is 0 Å². The van der Waals surface area contributed by atoms with Crippen LogP contribution in [0.3, 0.4) is 0 Å². The maximum Gasteiger partial charge on any atom is 0.254 e. The van der Waals surface area contributed by atoms with Gasteiger partial charge in [-0.3, -0.25) is 4.79 Å². The molecule has 1 fully saturated rings.